The summed E-state index contributed by atoms with van der Waals surface area (Å²) < 4.78 is 11.2. The summed E-state index contributed by atoms with van der Waals surface area (Å²) >= 11 is 3.39. The predicted octanol–water partition coefficient (Wildman–Crippen LogP) is 4.48. The molecule has 2 rings (SSSR count). The number of aliphatic imine (C=N–C) groups is 1. The average Bonchev–Trinajstić information content (AvgIpc) is 2.58. The highest BCUT2D eigenvalue weighted by molar-refractivity contribution is 9.09. The lowest BCUT2D eigenvalue weighted by Crippen LogP contribution is -1.98. The summed E-state index contributed by atoms with van der Waals surface area (Å²) in [6, 6.07) is 15.9. The van der Waals surface area contributed by atoms with Crippen LogP contribution in [0.15, 0.2) is 53.5 Å². The van der Waals surface area contributed by atoms with E-state index in [2.05, 4.69) is 20.9 Å². The molecule has 0 bridgehead atoms. The number of alkyl halides is 1. The fraction of sp³-hybridized carbons (Fsp3) is 0.278. The van der Waals surface area contributed by atoms with Crippen molar-refractivity contribution in [1.29, 1.82) is 0 Å². The fourth-order valence-corrected chi connectivity index (χ4v) is 2.19. The van der Waals surface area contributed by atoms with E-state index in [9.17, 15) is 0 Å². The van der Waals surface area contributed by atoms with Crippen molar-refractivity contribution in [2.45, 2.75) is 13.0 Å². The van der Waals surface area contributed by atoms with Crippen molar-refractivity contribution < 1.29 is 9.47 Å². The summed E-state index contributed by atoms with van der Waals surface area (Å²) in [5.41, 5.74) is 2.14. The van der Waals surface area contributed by atoms with Gasteiger partial charge in [-0.25, -0.2) is 0 Å². The van der Waals surface area contributed by atoms with Crippen molar-refractivity contribution in [3.8, 4) is 11.5 Å². The van der Waals surface area contributed by atoms with Crippen molar-refractivity contribution in [2.75, 3.05) is 19.0 Å². The van der Waals surface area contributed by atoms with Gasteiger partial charge in [-0.1, -0.05) is 46.3 Å². The van der Waals surface area contributed by atoms with Gasteiger partial charge >= 0.3 is 0 Å². The van der Waals surface area contributed by atoms with Gasteiger partial charge in [-0.2, -0.15) is 0 Å². The van der Waals surface area contributed by atoms with Gasteiger partial charge in [0.15, 0.2) is 11.5 Å². The van der Waals surface area contributed by atoms with Gasteiger partial charge in [0.2, 0.25) is 0 Å². The van der Waals surface area contributed by atoms with Crippen LogP contribution in [0.2, 0.25) is 0 Å². The Morgan fingerprint density at radius 3 is 2.64 bits per heavy atom. The first kappa shape index (κ1) is 16.6. The number of halogens is 1. The first-order valence-corrected chi connectivity index (χ1v) is 8.36. The quantitative estimate of drug-likeness (QED) is 0.394. The number of hydrogen-bond acceptors (Lipinski definition) is 3. The number of ether oxygens (including phenoxy) is 2. The summed E-state index contributed by atoms with van der Waals surface area (Å²) in [6.45, 7) is 1.34. The molecule has 116 valence electrons. The molecule has 0 aromatic heterocycles. The molecule has 0 aliphatic rings. The lowest BCUT2D eigenvalue weighted by atomic mass is 10.2. The monoisotopic (exact) mass is 361 g/mol. The number of rotatable bonds is 8. The Labute approximate surface area is 140 Å². The molecular formula is C18H20BrNO2. The van der Waals surface area contributed by atoms with E-state index in [-0.39, 0.29) is 0 Å². The summed E-state index contributed by atoms with van der Waals surface area (Å²) in [6.07, 6.45) is 2.90. The molecule has 0 saturated heterocycles. The Hall–Kier alpha value is -1.81. The molecule has 0 saturated carbocycles. The van der Waals surface area contributed by atoms with Crippen molar-refractivity contribution in [2.24, 2.45) is 4.99 Å². The zero-order valence-electron chi connectivity index (χ0n) is 12.7. The molecule has 0 aliphatic carbocycles. The van der Waals surface area contributed by atoms with Gasteiger partial charge < -0.3 is 9.47 Å². The van der Waals surface area contributed by atoms with Gasteiger partial charge in [-0.3, -0.25) is 4.99 Å². The maximum absolute atomic E-state index is 5.84. The molecule has 4 heteroatoms. The number of benzene rings is 2. The van der Waals surface area contributed by atoms with Gasteiger partial charge in [-0.15, -0.1) is 0 Å². The molecule has 2 aromatic carbocycles. The Kier molecular flexibility index (Phi) is 6.97. The minimum absolute atomic E-state index is 0.524. The maximum atomic E-state index is 5.84. The Morgan fingerprint density at radius 1 is 1.09 bits per heavy atom. The molecule has 2 aromatic rings. The normalized spacial score (nSPS) is 10.8. The Morgan fingerprint density at radius 2 is 1.91 bits per heavy atom. The predicted molar refractivity (Wildman–Crippen MR) is 94.6 cm³/mol. The van der Waals surface area contributed by atoms with E-state index in [1.165, 1.54) is 0 Å². The minimum atomic E-state index is 0.524. The summed E-state index contributed by atoms with van der Waals surface area (Å²) in [7, 11) is 1.65. The first-order valence-electron chi connectivity index (χ1n) is 7.24. The van der Waals surface area contributed by atoms with Crippen LogP contribution in [0.3, 0.4) is 0 Å². The second-order valence-corrected chi connectivity index (χ2v) is 5.56. The zero-order valence-corrected chi connectivity index (χ0v) is 14.3. The van der Waals surface area contributed by atoms with Crippen LogP contribution in [0.4, 0.5) is 0 Å². The molecule has 0 spiro atoms. The first-order chi connectivity index (χ1) is 10.8. The summed E-state index contributed by atoms with van der Waals surface area (Å²) in [5.74, 6) is 1.46. The molecule has 0 amide bonds. The topological polar surface area (TPSA) is 30.8 Å². The standard InChI is InChI=1S/C18H20BrNO2/c1-21-18-12-16(13-20-11-5-10-19)8-9-17(18)22-14-15-6-3-2-4-7-15/h2-4,6-9,12-13H,5,10-11,14H2,1H3. The van der Waals surface area contributed by atoms with Crippen molar-refractivity contribution in [3.63, 3.8) is 0 Å². The molecule has 0 heterocycles. The molecule has 22 heavy (non-hydrogen) atoms. The third kappa shape index (κ3) is 5.19. The Balaban J connectivity index is 2.01. The zero-order chi connectivity index (χ0) is 15.6. The van der Waals surface area contributed by atoms with E-state index in [4.69, 9.17) is 9.47 Å². The highest BCUT2D eigenvalue weighted by atomic mass is 79.9. The van der Waals surface area contributed by atoms with Crippen molar-refractivity contribution in [1.82, 2.24) is 0 Å². The largest absolute Gasteiger partial charge is 0.493 e. The number of methoxy groups -OCH3 is 1. The van der Waals surface area contributed by atoms with Crippen molar-refractivity contribution in [3.05, 3.63) is 59.7 Å². The molecule has 0 unspecified atom stereocenters. The highest BCUT2D eigenvalue weighted by Gasteiger charge is 2.05. The SMILES string of the molecule is COc1cc(C=NCCCBr)ccc1OCc1ccccc1. The number of nitrogens with zero attached hydrogens (tertiary/aromatic N) is 1. The average molecular weight is 362 g/mol. The van der Waals surface area contributed by atoms with Crippen LogP contribution >= 0.6 is 15.9 Å². The van der Waals surface area contributed by atoms with Crippen LogP contribution < -0.4 is 9.47 Å². The van der Waals surface area contributed by atoms with E-state index in [0.717, 1.165) is 40.9 Å². The molecule has 0 fully saturated rings. The second-order valence-electron chi connectivity index (χ2n) is 4.76. The third-order valence-electron chi connectivity index (χ3n) is 3.09. The Bertz CT molecular complexity index is 599. The van der Waals surface area contributed by atoms with E-state index >= 15 is 0 Å². The second kappa shape index (κ2) is 9.26. The van der Waals surface area contributed by atoms with Crippen LogP contribution in [-0.4, -0.2) is 25.2 Å². The number of hydrogen-bond donors (Lipinski definition) is 0. The molecule has 3 nitrogen and oxygen atoms in total. The molecule has 0 aliphatic heterocycles. The fourth-order valence-electron chi connectivity index (χ4n) is 1.94. The van der Waals surface area contributed by atoms with Gasteiger partial charge in [0.1, 0.15) is 6.61 Å². The summed E-state index contributed by atoms with van der Waals surface area (Å²) in [4.78, 5) is 4.38. The van der Waals surface area contributed by atoms with Crippen LogP contribution in [0.25, 0.3) is 0 Å². The van der Waals surface area contributed by atoms with E-state index < -0.39 is 0 Å². The maximum Gasteiger partial charge on any atom is 0.161 e. The van der Waals surface area contributed by atoms with Crippen LogP contribution in [0.1, 0.15) is 17.5 Å². The molecule has 0 atom stereocenters. The lowest BCUT2D eigenvalue weighted by Gasteiger charge is -2.11. The lowest BCUT2D eigenvalue weighted by molar-refractivity contribution is 0.284. The minimum Gasteiger partial charge on any atom is -0.493 e. The van der Waals surface area contributed by atoms with Crippen molar-refractivity contribution >= 4 is 22.1 Å². The van der Waals surface area contributed by atoms with Gasteiger partial charge in [0, 0.05) is 18.1 Å². The smallest absolute Gasteiger partial charge is 0.161 e. The van der Waals surface area contributed by atoms with E-state index in [1.807, 2.05) is 54.7 Å². The van der Waals surface area contributed by atoms with Crippen LogP contribution in [0, 0.1) is 0 Å². The molecule has 0 radical (unpaired) electrons. The van der Waals surface area contributed by atoms with Crippen LogP contribution in [-0.2, 0) is 6.61 Å². The molecular weight excluding hydrogens is 342 g/mol. The summed E-state index contributed by atoms with van der Waals surface area (Å²) in [5, 5.41) is 0.972. The highest BCUT2D eigenvalue weighted by Crippen LogP contribution is 2.28. The molecule has 0 N–H and O–H groups in total. The third-order valence-corrected chi connectivity index (χ3v) is 3.65. The van der Waals surface area contributed by atoms with E-state index in [0.29, 0.717) is 6.61 Å². The van der Waals surface area contributed by atoms with E-state index in [1.54, 1.807) is 7.11 Å². The van der Waals surface area contributed by atoms with Crippen LogP contribution in [0.5, 0.6) is 11.5 Å². The van der Waals surface area contributed by atoms with Gasteiger partial charge in [-0.05, 0) is 35.7 Å². The van der Waals surface area contributed by atoms with Gasteiger partial charge in [0.25, 0.3) is 0 Å². The van der Waals surface area contributed by atoms with Gasteiger partial charge in [0.05, 0.1) is 7.11 Å².